The molecule has 0 fully saturated rings. The van der Waals surface area contributed by atoms with E-state index >= 15 is 0 Å². The number of carbonyl (C=O) groups excluding carboxylic acids is 3. The predicted molar refractivity (Wildman–Crippen MR) is 108 cm³/mol. The van der Waals surface area contributed by atoms with Gasteiger partial charge in [-0.2, -0.15) is 0 Å². The minimum Gasteiger partial charge on any atom is -0.462 e. The van der Waals surface area contributed by atoms with Crippen molar-refractivity contribution in [2.24, 2.45) is 0 Å². The number of amides is 2. The summed E-state index contributed by atoms with van der Waals surface area (Å²) >= 11 is 0. The van der Waals surface area contributed by atoms with Crippen LogP contribution in [0.15, 0.2) is 48.5 Å². The third-order valence-electron chi connectivity index (χ3n) is 3.89. The number of esters is 1. The highest BCUT2D eigenvalue weighted by atomic mass is 16.5. The van der Waals surface area contributed by atoms with E-state index in [1.807, 2.05) is 19.0 Å². The molecule has 0 bridgehead atoms. The molecule has 0 saturated carbocycles. The number of benzene rings is 2. The fourth-order valence-electron chi connectivity index (χ4n) is 2.40. The van der Waals surface area contributed by atoms with Crippen LogP contribution in [-0.2, 0) is 4.74 Å². The number of hydrogen-bond acceptors (Lipinski definition) is 5. The highest BCUT2D eigenvalue weighted by molar-refractivity contribution is 6.06. The molecule has 0 unspecified atom stereocenters. The highest BCUT2D eigenvalue weighted by Crippen LogP contribution is 2.13. The monoisotopic (exact) mass is 383 g/mol. The van der Waals surface area contributed by atoms with Crippen molar-refractivity contribution < 1.29 is 19.1 Å². The average molecular weight is 383 g/mol. The lowest BCUT2D eigenvalue weighted by Gasteiger charge is -2.11. The molecule has 0 aromatic heterocycles. The van der Waals surface area contributed by atoms with E-state index in [9.17, 15) is 14.4 Å². The molecular formula is C21H25N3O4. The van der Waals surface area contributed by atoms with Crippen molar-refractivity contribution in [2.45, 2.75) is 6.92 Å². The first kappa shape index (κ1) is 21.1. The van der Waals surface area contributed by atoms with E-state index < -0.39 is 5.97 Å². The van der Waals surface area contributed by atoms with Crippen LogP contribution in [0.1, 0.15) is 38.0 Å². The third-order valence-corrected chi connectivity index (χ3v) is 3.89. The summed E-state index contributed by atoms with van der Waals surface area (Å²) < 4.78 is 4.93. The van der Waals surface area contributed by atoms with Gasteiger partial charge in [-0.1, -0.05) is 6.07 Å². The molecule has 7 nitrogen and oxygen atoms in total. The lowest BCUT2D eigenvalue weighted by molar-refractivity contribution is 0.0526. The van der Waals surface area contributed by atoms with Crippen molar-refractivity contribution in [3.8, 4) is 0 Å². The van der Waals surface area contributed by atoms with Crippen LogP contribution in [0.2, 0.25) is 0 Å². The van der Waals surface area contributed by atoms with E-state index in [4.69, 9.17) is 4.74 Å². The Bertz CT molecular complexity index is 832. The van der Waals surface area contributed by atoms with Gasteiger partial charge in [0.25, 0.3) is 11.8 Å². The zero-order chi connectivity index (χ0) is 20.5. The molecular weight excluding hydrogens is 358 g/mol. The van der Waals surface area contributed by atoms with Crippen molar-refractivity contribution in [2.75, 3.05) is 39.1 Å². The Morgan fingerprint density at radius 3 is 2.18 bits per heavy atom. The second-order valence-corrected chi connectivity index (χ2v) is 6.39. The number of nitrogens with one attached hydrogen (secondary N) is 2. The van der Waals surface area contributed by atoms with Gasteiger partial charge in [0.1, 0.15) is 0 Å². The zero-order valence-corrected chi connectivity index (χ0v) is 16.3. The Kier molecular flexibility index (Phi) is 7.71. The van der Waals surface area contributed by atoms with Gasteiger partial charge in [-0.25, -0.2) is 4.79 Å². The van der Waals surface area contributed by atoms with Crippen LogP contribution < -0.4 is 10.6 Å². The standard InChI is InChI=1S/C21H25N3O4/c1-4-28-21(27)15-8-10-18(11-9-15)23-20(26)17-7-5-6-16(14-17)19(25)22-12-13-24(2)3/h5-11,14H,4,12-13H2,1-3H3,(H,22,25)(H,23,26). The van der Waals surface area contributed by atoms with Crippen LogP contribution in [0.4, 0.5) is 5.69 Å². The molecule has 2 aromatic rings. The summed E-state index contributed by atoms with van der Waals surface area (Å²) in [6.45, 7) is 3.29. The van der Waals surface area contributed by atoms with Gasteiger partial charge in [0.2, 0.25) is 0 Å². The Labute approximate surface area is 164 Å². The number of carbonyl (C=O) groups is 3. The molecule has 2 amide bonds. The first-order chi connectivity index (χ1) is 13.4. The van der Waals surface area contributed by atoms with Crippen LogP contribution in [0.25, 0.3) is 0 Å². The molecule has 0 aliphatic carbocycles. The SMILES string of the molecule is CCOC(=O)c1ccc(NC(=O)c2cccc(C(=O)NCCN(C)C)c2)cc1. The summed E-state index contributed by atoms with van der Waals surface area (Å²) in [5, 5.41) is 5.57. The minimum atomic E-state index is -0.409. The molecule has 2 N–H and O–H groups in total. The molecule has 7 heteroatoms. The first-order valence-corrected chi connectivity index (χ1v) is 9.02. The minimum absolute atomic E-state index is 0.227. The van der Waals surface area contributed by atoms with Crippen molar-refractivity contribution in [3.63, 3.8) is 0 Å². The normalized spacial score (nSPS) is 10.4. The maximum Gasteiger partial charge on any atom is 0.338 e. The molecule has 148 valence electrons. The van der Waals surface area contributed by atoms with E-state index in [0.717, 1.165) is 6.54 Å². The maximum absolute atomic E-state index is 12.5. The smallest absolute Gasteiger partial charge is 0.338 e. The van der Waals surface area contributed by atoms with Gasteiger partial charge in [0.15, 0.2) is 0 Å². The van der Waals surface area contributed by atoms with Crippen LogP contribution in [-0.4, -0.2) is 56.5 Å². The Morgan fingerprint density at radius 2 is 1.57 bits per heavy atom. The summed E-state index contributed by atoms with van der Waals surface area (Å²) in [4.78, 5) is 38.3. The molecule has 0 atom stereocenters. The van der Waals surface area contributed by atoms with E-state index in [0.29, 0.717) is 35.5 Å². The Balaban J connectivity index is 2.00. The fraction of sp³-hybridized carbons (Fsp3) is 0.286. The molecule has 0 radical (unpaired) electrons. The van der Waals surface area contributed by atoms with E-state index in [-0.39, 0.29) is 11.8 Å². The van der Waals surface area contributed by atoms with Crippen molar-refractivity contribution >= 4 is 23.5 Å². The molecule has 0 aliphatic heterocycles. The van der Waals surface area contributed by atoms with Crippen LogP contribution in [0, 0.1) is 0 Å². The van der Waals surface area contributed by atoms with Gasteiger partial charge < -0.3 is 20.3 Å². The van der Waals surface area contributed by atoms with E-state index in [1.54, 1.807) is 55.5 Å². The number of anilines is 1. The first-order valence-electron chi connectivity index (χ1n) is 9.02. The van der Waals surface area contributed by atoms with Crippen molar-refractivity contribution in [3.05, 3.63) is 65.2 Å². The topological polar surface area (TPSA) is 87.7 Å². The fourth-order valence-corrected chi connectivity index (χ4v) is 2.40. The largest absolute Gasteiger partial charge is 0.462 e. The summed E-state index contributed by atoms with van der Waals surface area (Å²) in [6.07, 6.45) is 0. The lowest BCUT2D eigenvalue weighted by Crippen LogP contribution is -2.31. The van der Waals surface area contributed by atoms with Crippen LogP contribution >= 0.6 is 0 Å². The number of rotatable bonds is 8. The molecule has 28 heavy (non-hydrogen) atoms. The lowest BCUT2D eigenvalue weighted by atomic mass is 10.1. The molecule has 2 aromatic carbocycles. The molecule has 0 spiro atoms. The van der Waals surface area contributed by atoms with Crippen molar-refractivity contribution in [1.29, 1.82) is 0 Å². The van der Waals surface area contributed by atoms with Gasteiger partial charge in [0, 0.05) is 29.9 Å². The zero-order valence-electron chi connectivity index (χ0n) is 16.3. The molecule has 2 rings (SSSR count). The number of hydrogen-bond donors (Lipinski definition) is 2. The quantitative estimate of drug-likeness (QED) is 0.684. The van der Waals surface area contributed by atoms with Crippen molar-refractivity contribution in [1.82, 2.24) is 10.2 Å². The predicted octanol–water partition coefficient (Wildman–Crippen LogP) is 2.41. The summed E-state index contributed by atoms with van der Waals surface area (Å²) in [5.41, 5.74) is 1.74. The molecule has 0 aliphatic rings. The van der Waals surface area contributed by atoms with Gasteiger partial charge in [-0.3, -0.25) is 9.59 Å². The number of nitrogens with zero attached hydrogens (tertiary/aromatic N) is 1. The Morgan fingerprint density at radius 1 is 0.929 bits per heavy atom. The third kappa shape index (κ3) is 6.21. The van der Waals surface area contributed by atoms with E-state index in [2.05, 4.69) is 10.6 Å². The number of likely N-dealkylation sites (N-methyl/N-ethyl adjacent to an activating group) is 1. The van der Waals surface area contributed by atoms with Gasteiger partial charge in [-0.15, -0.1) is 0 Å². The second-order valence-electron chi connectivity index (χ2n) is 6.39. The van der Waals surface area contributed by atoms with Gasteiger partial charge >= 0.3 is 5.97 Å². The maximum atomic E-state index is 12.5. The molecule has 0 heterocycles. The van der Waals surface area contributed by atoms with E-state index in [1.165, 1.54) is 0 Å². The Hall–Kier alpha value is -3.19. The average Bonchev–Trinajstić information content (AvgIpc) is 2.68. The number of ether oxygens (including phenoxy) is 1. The van der Waals surface area contributed by atoms with Crippen LogP contribution in [0.3, 0.4) is 0 Å². The van der Waals surface area contributed by atoms with Gasteiger partial charge in [0.05, 0.1) is 12.2 Å². The molecule has 0 saturated heterocycles. The second kappa shape index (κ2) is 10.2. The summed E-state index contributed by atoms with van der Waals surface area (Å²) in [5.74, 6) is -0.976. The highest BCUT2D eigenvalue weighted by Gasteiger charge is 2.12. The summed E-state index contributed by atoms with van der Waals surface area (Å²) in [6, 6.07) is 12.9. The van der Waals surface area contributed by atoms with Crippen LogP contribution in [0.5, 0.6) is 0 Å². The summed E-state index contributed by atoms with van der Waals surface area (Å²) in [7, 11) is 3.85. The van der Waals surface area contributed by atoms with Gasteiger partial charge in [-0.05, 0) is 63.5 Å².